The van der Waals surface area contributed by atoms with Crippen molar-refractivity contribution in [2.45, 2.75) is 25.8 Å². The highest BCUT2D eigenvalue weighted by Crippen LogP contribution is 2.29. The Balaban J connectivity index is 2.18. The number of halogens is 2. The summed E-state index contributed by atoms with van der Waals surface area (Å²) in [5.41, 5.74) is 0.175. The molecule has 1 N–H and O–H groups in total. The van der Waals surface area contributed by atoms with E-state index in [9.17, 15) is 14.0 Å². The minimum Gasteiger partial charge on any atom is -0.478 e. The Labute approximate surface area is 150 Å². The van der Waals surface area contributed by atoms with Crippen LogP contribution in [0.15, 0.2) is 42.5 Å². The molecule has 0 aromatic heterocycles. The van der Waals surface area contributed by atoms with Gasteiger partial charge in [0.2, 0.25) is 5.91 Å². The summed E-state index contributed by atoms with van der Waals surface area (Å²) in [7, 11) is 1.63. The van der Waals surface area contributed by atoms with Crippen LogP contribution in [-0.4, -0.2) is 28.9 Å². The fourth-order valence-corrected chi connectivity index (χ4v) is 2.85. The zero-order chi connectivity index (χ0) is 18.8. The summed E-state index contributed by atoms with van der Waals surface area (Å²) >= 11 is 5.77. The van der Waals surface area contributed by atoms with E-state index in [-0.39, 0.29) is 28.6 Å². The molecule has 2 rings (SSSR count). The lowest BCUT2D eigenvalue weighted by molar-refractivity contribution is -0.135. The number of likely N-dealkylation sites (N-methyl/N-ethyl adjacent to an activating group) is 1. The van der Waals surface area contributed by atoms with E-state index in [0.29, 0.717) is 0 Å². The molecule has 0 aliphatic rings. The monoisotopic (exact) mass is 363 g/mol. The van der Waals surface area contributed by atoms with Crippen molar-refractivity contribution in [2.24, 2.45) is 0 Å². The first-order chi connectivity index (χ1) is 11.6. The fraction of sp³-hybridized carbons (Fsp3) is 0.263. The van der Waals surface area contributed by atoms with Gasteiger partial charge in [0.15, 0.2) is 0 Å². The molecule has 0 heterocycles. The van der Waals surface area contributed by atoms with Crippen LogP contribution in [0.4, 0.5) is 4.39 Å². The highest BCUT2D eigenvalue weighted by atomic mass is 35.5. The minimum atomic E-state index is -1.07. The molecule has 1 amide bonds. The number of rotatable bonds is 5. The van der Waals surface area contributed by atoms with Crippen molar-refractivity contribution in [3.63, 3.8) is 0 Å². The Morgan fingerprint density at radius 3 is 2.28 bits per heavy atom. The van der Waals surface area contributed by atoms with Crippen molar-refractivity contribution < 1.29 is 19.1 Å². The third-order valence-electron chi connectivity index (χ3n) is 4.11. The average molecular weight is 364 g/mol. The third kappa shape index (κ3) is 4.17. The van der Waals surface area contributed by atoms with E-state index in [1.54, 1.807) is 39.1 Å². The molecule has 0 saturated carbocycles. The molecule has 6 heteroatoms. The fourth-order valence-electron chi connectivity index (χ4n) is 2.69. The summed E-state index contributed by atoms with van der Waals surface area (Å²) in [6.45, 7) is 3.61. The van der Waals surface area contributed by atoms with Gasteiger partial charge in [0.1, 0.15) is 5.82 Å². The molecule has 0 fully saturated rings. The molecule has 2 aromatic rings. The standard InChI is InChI=1S/C19H19ClFNO3/c1-19(2,15-9-8-14(20)10-16(15)21)18(25)22(3)11-12-4-6-13(7-5-12)17(23)24/h4-10H,11H2,1-3H3,(H,23,24). The first-order valence-corrected chi connectivity index (χ1v) is 8.04. The summed E-state index contributed by atoms with van der Waals surface area (Å²) in [6, 6.07) is 10.5. The molecule has 25 heavy (non-hydrogen) atoms. The normalized spacial score (nSPS) is 11.2. The van der Waals surface area contributed by atoms with Crippen LogP contribution in [0.3, 0.4) is 0 Å². The molecular formula is C19H19ClFNO3. The smallest absolute Gasteiger partial charge is 0.335 e. The topological polar surface area (TPSA) is 57.6 Å². The summed E-state index contributed by atoms with van der Waals surface area (Å²) in [5, 5.41) is 9.19. The van der Waals surface area contributed by atoms with E-state index in [2.05, 4.69) is 0 Å². The maximum absolute atomic E-state index is 14.2. The second-order valence-electron chi connectivity index (χ2n) is 6.41. The van der Waals surface area contributed by atoms with Crippen molar-refractivity contribution >= 4 is 23.5 Å². The molecule has 0 radical (unpaired) electrons. The predicted molar refractivity (Wildman–Crippen MR) is 94.3 cm³/mol. The molecule has 0 aliphatic carbocycles. The number of hydrogen-bond donors (Lipinski definition) is 1. The Kier molecular flexibility index (Phi) is 5.48. The van der Waals surface area contributed by atoms with Gasteiger partial charge in [-0.25, -0.2) is 9.18 Å². The quantitative estimate of drug-likeness (QED) is 0.869. The van der Waals surface area contributed by atoms with Crippen LogP contribution in [0, 0.1) is 5.82 Å². The Hall–Kier alpha value is -2.40. The molecule has 0 atom stereocenters. The lowest BCUT2D eigenvalue weighted by Gasteiger charge is -2.30. The van der Waals surface area contributed by atoms with Crippen LogP contribution in [0.25, 0.3) is 0 Å². The van der Waals surface area contributed by atoms with Crippen molar-refractivity contribution in [2.75, 3.05) is 7.05 Å². The molecule has 0 unspecified atom stereocenters. The van der Waals surface area contributed by atoms with Crippen LogP contribution in [-0.2, 0) is 16.8 Å². The van der Waals surface area contributed by atoms with Crippen LogP contribution >= 0.6 is 11.6 Å². The van der Waals surface area contributed by atoms with E-state index in [0.717, 1.165) is 5.56 Å². The number of benzene rings is 2. The van der Waals surface area contributed by atoms with E-state index in [1.807, 2.05) is 0 Å². The number of carbonyl (C=O) groups excluding carboxylic acids is 1. The molecular weight excluding hydrogens is 345 g/mol. The van der Waals surface area contributed by atoms with Gasteiger partial charge in [-0.1, -0.05) is 29.8 Å². The lowest BCUT2D eigenvalue weighted by atomic mass is 9.82. The highest BCUT2D eigenvalue weighted by molar-refractivity contribution is 6.30. The summed E-state index contributed by atoms with van der Waals surface area (Å²) < 4.78 is 14.2. The van der Waals surface area contributed by atoms with Crippen molar-refractivity contribution in [3.8, 4) is 0 Å². The van der Waals surface area contributed by atoms with Gasteiger partial charge < -0.3 is 10.0 Å². The minimum absolute atomic E-state index is 0.182. The molecule has 0 saturated heterocycles. The van der Waals surface area contributed by atoms with Gasteiger partial charge >= 0.3 is 5.97 Å². The van der Waals surface area contributed by atoms with Gasteiger partial charge in [-0.2, -0.15) is 0 Å². The number of aromatic carboxylic acids is 1. The zero-order valence-electron chi connectivity index (χ0n) is 14.2. The number of nitrogens with zero attached hydrogens (tertiary/aromatic N) is 1. The van der Waals surface area contributed by atoms with Gasteiger partial charge in [0.25, 0.3) is 0 Å². The zero-order valence-corrected chi connectivity index (χ0v) is 15.0. The third-order valence-corrected chi connectivity index (χ3v) is 4.34. The number of amides is 1. The molecule has 0 aliphatic heterocycles. The van der Waals surface area contributed by atoms with Crippen molar-refractivity contribution in [1.29, 1.82) is 0 Å². The van der Waals surface area contributed by atoms with E-state index >= 15 is 0 Å². The van der Waals surface area contributed by atoms with Gasteiger partial charge in [0, 0.05) is 24.2 Å². The SMILES string of the molecule is CN(Cc1ccc(C(=O)O)cc1)C(=O)C(C)(C)c1ccc(Cl)cc1F. The Bertz CT molecular complexity index is 803. The second-order valence-corrected chi connectivity index (χ2v) is 6.85. The maximum atomic E-state index is 14.2. The average Bonchev–Trinajstić information content (AvgIpc) is 2.54. The lowest BCUT2D eigenvalue weighted by Crippen LogP contribution is -2.41. The van der Waals surface area contributed by atoms with Crippen LogP contribution in [0.5, 0.6) is 0 Å². The molecule has 132 valence electrons. The van der Waals surface area contributed by atoms with Gasteiger partial charge in [0.05, 0.1) is 11.0 Å². The van der Waals surface area contributed by atoms with Gasteiger partial charge in [-0.15, -0.1) is 0 Å². The van der Waals surface area contributed by atoms with Gasteiger partial charge in [-0.3, -0.25) is 4.79 Å². The van der Waals surface area contributed by atoms with E-state index < -0.39 is 17.2 Å². The second kappa shape index (κ2) is 7.23. The van der Waals surface area contributed by atoms with Gasteiger partial charge in [-0.05, 0) is 43.7 Å². The maximum Gasteiger partial charge on any atom is 0.335 e. The Morgan fingerprint density at radius 2 is 1.76 bits per heavy atom. The number of carboxylic acids is 1. The van der Waals surface area contributed by atoms with Crippen molar-refractivity contribution in [3.05, 3.63) is 70.0 Å². The molecule has 0 bridgehead atoms. The summed E-state index contributed by atoms with van der Waals surface area (Å²) in [4.78, 5) is 25.2. The van der Waals surface area contributed by atoms with Crippen LogP contribution < -0.4 is 0 Å². The van der Waals surface area contributed by atoms with Crippen molar-refractivity contribution in [1.82, 2.24) is 4.90 Å². The predicted octanol–water partition coefficient (Wildman–Crippen LogP) is 4.11. The highest BCUT2D eigenvalue weighted by Gasteiger charge is 2.34. The Morgan fingerprint density at radius 1 is 1.16 bits per heavy atom. The molecule has 4 nitrogen and oxygen atoms in total. The first-order valence-electron chi connectivity index (χ1n) is 7.66. The number of hydrogen-bond acceptors (Lipinski definition) is 2. The van der Waals surface area contributed by atoms with E-state index in [4.69, 9.17) is 16.7 Å². The largest absolute Gasteiger partial charge is 0.478 e. The molecule has 2 aromatic carbocycles. The number of carbonyl (C=O) groups is 2. The summed E-state index contributed by atoms with van der Waals surface area (Å²) in [5.74, 6) is -1.78. The molecule has 0 spiro atoms. The van der Waals surface area contributed by atoms with E-state index in [1.165, 1.54) is 29.2 Å². The number of carboxylic acid groups (broad SMARTS) is 1. The summed E-state index contributed by atoms with van der Waals surface area (Å²) in [6.07, 6.45) is 0. The first kappa shape index (κ1) is 18.9. The van der Waals surface area contributed by atoms with Crippen LogP contribution in [0.1, 0.15) is 35.3 Å². The van der Waals surface area contributed by atoms with Crippen LogP contribution in [0.2, 0.25) is 5.02 Å².